The molecule has 0 aromatic heterocycles. The van der Waals surface area contributed by atoms with Crippen molar-refractivity contribution in [1.82, 2.24) is 9.62 Å². The van der Waals surface area contributed by atoms with Crippen LogP contribution in [0.2, 0.25) is 0 Å². The molecule has 1 amide bonds. The van der Waals surface area contributed by atoms with Gasteiger partial charge in [0.1, 0.15) is 0 Å². The summed E-state index contributed by atoms with van der Waals surface area (Å²) >= 11 is 0. The normalized spacial score (nSPS) is 18.6. The van der Waals surface area contributed by atoms with E-state index in [0.29, 0.717) is 32.7 Å². The highest BCUT2D eigenvalue weighted by Gasteiger charge is 2.32. The van der Waals surface area contributed by atoms with E-state index in [1.807, 2.05) is 44.2 Å². The molecule has 0 radical (unpaired) electrons. The van der Waals surface area contributed by atoms with Crippen molar-refractivity contribution < 1.29 is 18.1 Å². The molecule has 0 spiro atoms. The number of piperazine rings is 1. The van der Waals surface area contributed by atoms with Gasteiger partial charge >= 0.3 is 0 Å². The molecule has 0 saturated carbocycles. The van der Waals surface area contributed by atoms with Crippen molar-refractivity contribution in [2.24, 2.45) is 0 Å². The fraction of sp³-hybridized carbons (Fsp3) is 0.471. The quantitative estimate of drug-likeness (QED) is 0.739. The Morgan fingerprint density at radius 3 is 2.50 bits per heavy atom. The van der Waals surface area contributed by atoms with Gasteiger partial charge in [-0.25, -0.2) is 8.42 Å². The maximum Gasteiger partial charge on any atom is 0.278 e. The molecule has 1 atom stereocenters. The lowest BCUT2D eigenvalue weighted by Gasteiger charge is -2.33. The van der Waals surface area contributed by atoms with Crippen LogP contribution in [0.3, 0.4) is 0 Å². The molecule has 2 rings (SSSR count). The second kappa shape index (κ2) is 8.41. The van der Waals surface area contributed by atoms with Crippen molar-refractivity contribution in [3.8, 4) is 0 Å². The molecule has 0 aliphatic carbocycles. The van der Waals surface area contributed by atoms with Crippen molar-refractivity contribution >= 4 is 22.0 Å². The van der Waals surface area contributed by atoms with E-state index < -0.39 is 10.0 Å². The van der Waals surface area contributed by atoms with Crippen LogP contribution < -0.4 is 10.2 Å². The maximum absolute atomic E-state index is 12.4. The van der Waals surface area contributed by atoms with E-state index in [9.17, 15) is 13.2 Å². The monoisotopic (exact) mass is 352 g/mol. The standard InChI is InChI=1S/C17H25N3O3S/c1-3-18-17(21)15(2)19-10-12-20(13-11-19)24(22,23)14-9-16-7-5-4-6-8-16/h4-9,14-15H,3,10-13H2,1-2H3,(H,18,21)/p+1/b14-9+/t15-/m1/s1. The van der Waals surface area contributed by atoms with E-state index in [2.05, 4.69) is 5.32 Å². The Morgan fingerprint density at radius 1 is 1.29 bits per heavy atom. The first-order valence-electron chi connectivity index (χ1n) is 8.29. The minimum Gasteiger partial charge on any atom is -0.351 e. The summed E-state index contributed by atoms with van der Waals surface area (Å²) in [5.41, 5.74) is 0.857. The van der Waals surface area contributed by atoms with Gasteiger partial charge < -0.3 is 10.2 Å². The Bertz CT molecular complexity index is 666. The molecule has 0 unspecified atom stereocenters. The van der Waals surface area contributed by atoms with Crippen LogP contribution in [0.15, 0.2) is 35.7 Å². The van der Waals surface area contributed by atoms with Crippen molar-refractivity contribution in [2.75, 3.05) is 32.7 Å². The average Bonchev–Trinajstić information content (AvgIpc) is 2.60. The number of hydrogen-bond donors (Lipinski definition) is 2. The van der Waals surface area contributed by atoms with E-state index in [1.54, 1.807) is 6.08 Å². The summed E-state index contributed by atoms with van der Waals surface area (Å²) in [5, 5.41) is 4.08. The minimum absolute atomic E-state index is 0.0211. The molecule has 7 heteroatoms. The number of nitrogens with zero attached hydrogens (tertiary/aromatic N) is 1. The number of benzene rings is 1. The van der Waals surface area contributed by atoms with E-state index in [4.69, 9.17) is 0 Å². The van der Waals surface area contributed by atoms with Gasteiger partial charge in [-0.15, -0.1) is 0 Å². The Hall–Kier alpha value is -1.70. The van der Waals surface area contributed by atoms with Crippen molar-refractivity contribution in [2.45, 2.75) is 19.9 Å². The Kier molecular flexibility index (Phi) is 6.53. The zero-order valence-electron chi connectivity index (χ0n) is 14.2. The third kappa shape index (κ3) is 4.90. The lowest BCUT2D eigenvalue weighted by Crippen LogP contribution is -3.19. The summed E-state index contributed by atoms with van der Waals surface area (Å²) in [6, 6.07) is 9.21. The van der Waals surface area contributed by atoms with Gasteiger partial charge in [0.25, 0.3) is 5.91 Å². The number of hydrogen-bond acceptors (Lipinski definition) is 3. The zero-order chi connectivity index (χ0) is 17.6. The highest BCUT2D eigenvalue weighted by molar-refractivity contribution is 7.92. The predicted molar refractivity (Wildman–Crippen MR) is 94.8 cm³/mol. The Morgan fingerprint density at radius 2 is 1.92 bits per heavy atom. The van der Waals surface area contributed by atoms with Crippen LogP contribution in [-0.2, 0) is 14.8 Å². The summed E-state index contributed by atoms with van der Waals surface area (Å²) in [7, 11) is -3.42. The Balaban J connectivity index is 1.93. The van der Waals surface area contributed by atoms with Crippen molar-refractivity contribution in [1.29, 1.82) is 0 Å². The second-order valence-electron chi connectivity index (χ2n) is 5.93. The molecular formula is C17H26N3O3S+. The van der Waals surface area contributed by atoms with Gasteiger partial charge in [-0.2, -0.15) is 4.31 Å². The van der Waals surface area contributed by atoms with Crippen LogP contribution in [0, 0.1) is 0 Å². The van der Waals surface area contributed by atoms with Gasteiger partial charge in [0.2, 0.25) is 10.0 Å². The minimum atomic E-state index is -3.42. The SMILES string of the molecule is CCNC(=O)[C@@H](C)[NH+]1CCN(S(=O)(=O)/C=C/c2ccccc2)CC1. The van der Waals surface area contributed by atoms with Gasteiger partial charge in [-0.3, -0.25) is 4.79 Å². The number of carbonyl (C=O) groups is 1. The third-order valence-electron chi connectivity index (χ3n) is 4.31. The van der Waals surface area contributed by atoms with Gasteiger partial charge in [-0.1, -0.05) is 30.3 Å². The lowest BCUT2D eigenvalue weighted by atomic mass is 10.2. The van der Waals surface area contributed by atoms with Crippen molar-refractivity contribution in [3.63, 3.8) is 0 Å². The molecule has 1 aliphatic heterocycles. The van der Waals surface area contributed by atoms with E-state index in [1.165, 1.54) is 9.71 Å². The summed E-state index contributed by atoms with van der Waals surface area (Å²) in [4.78, 5) is 13.0. The summed E-state index contributed by atoms with van der Waals surface area (Å²) in [6.45, 7) is 6.53. The number of carbonyl (C=O) groups excluding carboxylic acids is 1. The second-order valence-corrected chi connectivity index (χ2v) is 7.75. The van der Waals surface area contributed by atoms with Crippen LogP contribution in [0.1, 0.15) is 19.4 Å². The number of quaternary nitrogens is 1. The van der Waals surface area contributed by atoms with E-state index in [0.717, 1.165) is 10.5 Å². The van der Waals surface area contributed by atoms with Gasteiger partial charge in [0.15, 0.2) is 6.04 Å². The first-order chi connectivity index (χ1) is 11.4. The largest absolute Gasteiger partial charge is 0.351 e. The molecule has 1 fully saturated rings. The molecule has 132 valence electrons. The molecule has 24 heavy (non-hydrogen) atoms. The Labute approximate surface area is 144 Å². The molecular weight excluding hydrogens is 326 g/mol. The number of likely N-dealkylation sites (N-methyl/N-ethyl adjacent to an activating group) is 1. The molecule has 1 saturated heterocycles. The first-order valence-corrected chi connectivity index (χ1v) is 9.80. The van der Waals surface area contributed by atoms with Gasteiger partial charge in [0, 0.05) is 12.0 Å². The molecule has 2 N–H and O–H groups in total. The van der Waals surface area contributed by atoms with Crippen LogP contribution in [0.25, 0.3) is 6.08 Å². The third-order valence-corrected chi connectivity index (χ3v) is 5.88. The molecule has 1 aromatic carbocycles. The zero-order valence-corrected chi connectivity index (χ0v) is 15.1. The highest BCUT2D eigenvalue weighted by atomic mass is 32.2. The number of sulfonamides is 1. The smallest absolute Gasteiger partial charge is 0.278 e. The summed E-state index contributed by atoms with van der Waals surface area (Å²) in [5.74, 6) is 0.0211. The average molecular weight is 352 g/mol. The number of amides is 1. The topological polar surface area (TPSA) is 70.9 Å². The predicted octanol–water partition coefficient (Wildman–Crippen LogP) is -0.288. The van der Waals surface area contributed by atoms with E-state index in [-0.39, 0.29) is 11.9 Å². The van der Waals surface area contributed by atoms with Crippen LogP contribution in [-0.4, -0.2) is 57.4 Å². The van der Waals surface area contributed by atoms with Crippen LogP contribution in [0.4, 0.5) is 0 Å². The van der Waals surface area contributed by atoms with Crippen molar-refractivity contribution in [3.05, 3.63) is 41.3 Å². The fourth-order valence-corrected chi connectivity index (χ4v) is 3.98. The van der Waals surface area contributed by atoms with E-state index >= 15 is 0 Å². The number of rotatable bonds is 6. The van der Waals surface area contributed by atoms with Gasteiger partial charge in [0.05, 0.1) is 26.2 Å². The lowest BCUT2D eigenvalue weighted by molar-refractivity contribution is -0.917. The van der Waals surface area contributed by atoms with Crippen LogP contribution in [0.5, 0.6) is 0 Å². The molecule has 0 bridgehead atoms. The van der Waals surface area contributed by atoms with Crippen LogP contribution >= 0.6 is 0 Å². The summed E-state index contributed by atoms with van der Waals surface area (Å²) < 4.78 is 26.3. The molecule has 1 aliphatic rings. The molecule has 1 heterocycles. The maximum atomic E-state index is 12.4. The highest BCUT2D eigenvalue weighted by Crippen LogP contribution is 2.08. The fourth-order valence-electron chi connectivity index (χ4n) is 2.79. The summed E-state index contributed by atoms with van der Waals surface area (Å²) in [6.07, 6.45) is 1.62. The van der Waals surface area contributed by atoms with Gasteiger partial charge in [-0.05, 0) is 25.5 Å². The first kappa shape index (κ1) is 18.6. The molecule has 1 aromatic rings. The molecule has 6 nitrogen and oxygen atoms in total. The number of nitrogens with one attached hydrogen (secondary N) is 2.